The molecule has 0 bridgehead atoms. The molecule has 126 valence electrons. The van der Waals surface area contributed by atoms with Gasteiger partial charge in [0.05, 0.1) is 20.3 Å². The number of anilines is 1. The number of rotatable bonds is 5. The molecule has 1 atom stereocenters. The second kappa shape index (κ2) is 7.81. The lowest BCUT2D eigenvalue weighted by atomic mass is 10.2. The van der Waals surface area contributed by atoms with Gasteiger partial charge in [-0.25, -0.2) is 0 Å². The highest BCUT2D eigenvalue weighted by atomic mass is 16.5. The third-order valence-corrected chi connectivity index (χ3v) is 3.64. The second-order valence-electron chi connectivity index (χ2n) is 5.38. The maximum Gasteiger partial charge on any atom is 0.243 e. The number of morpholine rings is 1. The Kier molecular flexibility index (Phi) is 5.30. The first-order chi connectivity index (χ1) is 11.7. The standard InChI is InChI=1S/C18H20N2O4/c1-22-15-3-2-4-16(11-15)24-14-7-5-13(6-8-14)20-18(21)17-12-23-10-9-19-17/h2-8,11,17,19H,9-10,12H2,1H3,(H,20,21). The van der Waals surface area contributed by atoms with Crippen molar-refractivity contribution in [2.45, 2.75) is 6.04 Å². The van der Waals surface area contributed by atoms with Gasteiger partial charge < -0.3 is 24.8 Å². The van der Waals surface area contributed by atoms with Crippen LogP contribution in [-0.4, -0.2) is 38.8 Å². The lowest BCUT2D eigenvalue weighted by Gasteiger charge is -2.22. The second-order valence-corrected chi connectivity index (χ2v) is 5.38. The van der Waals surface area contributed by atoms with Gasteiger partial charge >= 0.3 is 0 Å². The minimum atomic E-state index is -0.313. The van der Waals surface area contributed by atoms with Crippen LogP contribution in [0.2, 0.25) is 0 Å². The van der Waals surface area contributed by atoms with Crippen LogP contribution in [-0.2, 0) is 9.53 Å². The van der Waals surface area contributed by atoms with E-state index in [4.69, 9.17) is 14.2 Å². The maximum absolute atomic E-state index is 12.1. The number of ether oxygens (including phenoxy) is 3. The van der Waals surface area contributed by atoms with E-state index in [2.05, 4.69) is 10.6 Å². The van der Waals surface area contributed by atoms with Crippen molar-refractivity contribution in [3.05, 3.63) is 48.5 Å². The zero-order valence-electron chi connectivity index (χ0n) is 13.5. The fraction of sp³-hybridized carbons (Fsp3) is 0.278. The van der Waals surface area contributed by atoms with Gasteiger partial charge in [-0.05, 0) is 36.4 Å². The van der Waals surface area contributed by atoms with Crippen LogP contribution in [0.25, 0.3) is 0 Å². The van der Waals surface area contributed by atoms with Gasteiger partial charge in [-0.3, -0.25) is 4.79 Å². The summed E-state index contributed by atoms with van der Waals surface area (Å²) < 4.78 is 16.2. The van der Waals surface area contributed by atoms with Crippen LogP contribution < -0.4 is 20.1 Å². The van der Waals surface area contributed by atoms with Crippen molar-refractivity contribution < 1.29 is 19.0 Å². The van der Waals surface area contributed by atoms with E-state index in [0.717, 1.165) is 5.75 Å². The topological polar surface area (TPSA) is 68.8 Å². The summed E-state index contributed by atoms with van der Waals surface area (Å²) in [6.45, 7) is 1.72. The Morgan fingerprint density at radius 3 is 2.67 bits per heavy atom. The van der Waals surface area contributed by atoms with Crippen molar-refractivity contribution >= 4 is 11.6 Å². The lowest BCUT2D eigenvalue weighted by Crippen LogP contribution is -2.48. The van der Waals surface area contributed by atoms with E-state index in [1.165, 1.54) is 0 Å². The van der Waals surface area contributed by atoms with E-state index in [0.29, 0.717) is 36.9 Å². The van der Waals surface area contributed by atoms with Gasteiger partial charge in [-0.15, -0.1) is 0 Å². The van der Waals surface area contributed by atoms with Crippen LogP contribution in [0, 0.1) is 0 Å². The van der Waals surface area contributed by atoms with Gasteiger partial charge in [0.25, 0.3) is 0 Å². The van der Waals surface area contributed by atoms with E-state index in [-0.39, 0.29) is 11.9 Å². The number of methoxy groups -OCH3 is 1. The van der Waals surface area contributed by atoms with Crippen molar-refractivity contribution in [3.63, 3.8) is 0 Å². The molecule has 2 aromatic rings. The summed E-state index contributed by atoms with van der Waals surface area (Å²) in [4.78, 5) is 12.1. The summed E-state index contributed by atoms with van der Waals surface area (Å²) in [5.41, 5.74) is 0.713. The van der Waals surface area contributed by atoms with E-state index < -0.39 is 0 Å². The van der Waals surface area contributed by atoms with E-state index >= 15 is 0 Å². The molecule has 3 rings (SSSR count). The summed E-state index contributed by atoms with van der Waals surface area (Å²) in [7, 11) is 1.61. The summed E-state index contributed by atoms with van der Waals surface area (Å²) in [5, 5.41) is 5.98. The Labute approximate surface area is 140 Å². The van der Waals surface area contributed by atoms with Gasteiger partial charge in [0.2, 0.25) is 5.91 Å². The zero-order chi connectivity index (χ0) is 16.8. The van der Waals surface area contributed by atoms with Gasteiger partial charge in [0, 0.05) is 18.3 Å². The molecule has 2 aromatic carbocycles. The minimum absolute atomic E-state index is 0.101. The molecule has 0 aliphatic carbocycles. The van der Waals surface area contributed by atoms with E-state index in [1.54, 1.807) is 31.4 Å². The fourth-order valence-corrected chi connectivity index (χ4v) is 2.37. The highest BCUT2D eigenvalue weighted by Gasteiger charge is 2.20. The molecule has 1 aliphatic rings. The normalized spacial score (nSPS) is 17.1. The molecule has 2 N–H and O–H groups in total. The molecule has 1 fully saturated rings. The molecule has 24 heavy (non-hydrogen) atoms. The summed E-state index contributed by atoms with van der Waals surface area (Å²) in [5.74, 6) is 2.00. The predicted octanol–water partition coefficient (Wildman–Crippen LogP) is 2.41. The number of benzene rings is 2. The van der Waals surface area contributed by atoms with Crippen LogP contribution in [0.5, 0.6) is 17.2 Å². The van der Waals surface area contributed by atoms with Crippen molar-refractivity contribution in [1.82, 2.24) is 5.32 Å². The zero-order valence-corrected chi connectivity index (χ0v) is 13.5. The Morgan fingerprint density at radius 2 is 1.96 bits per heavy atom. The number of carbonyl (C=O) groups is 1. The van der Waals surface area contributed by atoms with Gasteiger partial charge in [-0.2, -0.15) is 0 Å². The van der Waals surface area contributed by atoms with E-state index in [1.807, 2.05) is 24.3 Å². The molecule has 0 radical (unpaired) electrons. The largest absolute Gasteiger partial charge is 0.497 e. The Bertz CT molecular complexity index is 682. The number of carbonyl (C=O) groups excluding carboxylic acids is 1. The summed E-state index contributed by atoms with van der Waals surface area (Å²) in [6.07, 6.45) is 0. The lowest BCUT2D eigenvalue weighted by molar-refractivity contribution is -0.120. The quantitative estimate of drug-likeness (QED) is 0.882. The Hall–Kier alpha value is -2.57. The van der Waals surface area contributed by atoms with Crippen molar-refractivity contribution in [1.29, 1.82) is 0 Å². The molecule has 1 amide bonds. The monoisotopic (exact) mass is 328 g/mol. The van der Waals surface area contributed by atoms with Crippen LogP contribution in [0.4, 0.5) is 5.69 Å². The van der Waals surface area contributed by atoms with Crippen molar-refractivity contribution in [2.75, 3.05) is 32.2 Å². The highest BCUT2D eigenvalue weighted by molar-refractivity contribution is 5.95. The number of nitrogens with one attached hydrogen (secondary N) is 2. The third-order valence-electron chi connectivity index (χ3n) is 3.64. The highest BCUT2D eigenvalue weighted by Crippen LogP contribution is 2.26. The molecule has 1 unspecified atom stereocenters. The van der Waals surface area contributed by atoms with Gasteiger partial charge in [0.1, 0.15) is 23.3 Å². The summed E-state index contributed by atoms with van der Waals surface area (Å²) in [6, 6.07) is 14.3. The van der Waals surface area contributed by atoms with Crippen molar-refractivity contribution in [2.24, 2.45) is 0 Å². The number of amides is 1. The van der Waals surface area contributed by atoms with Crippen LogP contribution in [0.15, 0.2) is 48.5 Å². The molecule has 1 heterocycles. The average molecular weight is 328 g/mol. The first-order valence-electron chi connectivity index (χ1n) is 7.78. The summed E-state index contributed by atoms with van der Waals surface area (Å²) >= 11 is 0. The predicted molar refractivity (Wildman–Crippen MR) is 90.7 cm³/mol. The molecule has 1 aliphatic heterocycles. The smallest absolute Gasteiger partial charge is 0.243 e. The van der Waals surface area contributed by atoms with E-state index in [9.17, 15) is 4.79 Å². The first kappa shape index (κ1) is 16.3. The average Bonchev–Trinajstić information content (AvgIpc) is 2.64. The molecule has 0 aromatic heterocycles. The fourth-order valence-electron chi connectivity index (χ4n) is 2.37. The van der Waals surface area contributed by atoms with Crippen LogP contribution >= 0.6 is 0 Å². The number of hydrogen-bond donors (Lipinski definition) is 2. The van der Waals surface area contributed by atoms with Crippen molar-refractivity contribution in [3.8, 4) is 17.2 Å². The van der Waals surface area contributed by atoms with Gasteiger partial charge in [-0.1, -0.05) is 6.07 Å². The molecule has 6 heteroatoms. The van der Waals surface area contributed by atoms with Crippen LogP contribution in [0.1, 0.15) is 0 Å². The molecular weight excluding hydrogens is 308 g/mol. The minimum Gasteiger partial charge on any atom is -0.497 e. The molecule has 1 saturated heterocycles. The van der Waals surface area contributed by atoms with Crippen LogP contribution in [0.3, 0.4) is 0 Å². The maximum atomic E-state index is 12.1. The first-order valence-corrected chi connectivity index (χ1v) is 7.78. The number of hydrogen-bond acceptors (Lipinski definition) is 5. The molecule has 0 spiro atoms. The SMILES string of the molecule is COc1cccc(Oc2ccc(NC(=O)C3COCCN3)cc2)c1. The Morgan fingerprint density at radius 1 is 1.17 bits per heavy atom. The Balaban J connectivity index is 1.59. The molecule has 0 saturated carbocycles. The van der Waals surface area contributed by atoms with Gasteiger partial charge in [0.15, 0.2) is 0 Å². The molecular formula is C18H20N2O4. The third kappa shape index (κ3) is 4.24. The molecule has 6 nitrogen and oxygen atoms in total.